The van der Waals surface area contributed by atoms with Gasteiger partial charge in [0.05, 0.1) is 6.54 Å². The molecule has 27 heavy (non-hydrogen) atoms. The van der Waals surface area contributed by atoms with E-state index in [2.05, 4.69) is 9.31 Å². The van der Waals surface area contributed by atoms with Crippen LogP contribution in [0.15, 0.2) is 54.6 Å². The Bertz CT molecular complexity index is 814. The van der Waals surface area contributed by atoms with E-state index in [9.17, 15) is 13.9 Å². The minimum Gasteiger partial charge on any atom is -1.00 e. The first-order valence-corrected chi connectivity index (χ1v) is 8.82. The number of ether oxygens (including phenoxy) is 1. The second-order valence-corrected chi connectivity index (χ2v) is 6.69. The van der Waals surface area contributed by atoms with Crippen molar-refractivity contribution in [1.82, 2.24) is 0 Å². The molecular weight excluding hydrogens is 418 g/mol. The van der Waals surface area contributed by atoms with Gasteiger partial charge in [-0.15, -0.1) is 0 Å². The standard InChI is InChI=1S/C20H21F2N2O2.BrH/c21-19(22)26-17-11-9-15(10-12-17)20(25)14-23-13-5-4-8-18(23)24(20)16-6-2-1-3-7-16;/h1-3,6-7,9-12,19,25H,4-5,8,13-14H2;1H/q+1;/p-1. The molecule has 4 nitrogen and oxygen atoms in total. The number of halogens is 3. The summed E-state index contributed by atoms with van der Waals surface area (Å²) in [5.74, 6) is 1.19. The molecule has 2 aromatic carbocycles. The molecule has 0 radical (unpaired) electrons. The maximum Gasteiger partial charge on any atom is 0.387 e. The molecule has 0 bridgehead atoms. The molecule has 2 aliphatic heterocycles. The van der Waals surface area contributed by atoms with E-state index in [1.165, 1.54) is 12.1 Å². The van der Waals surface area contributed by atoms with Crippen molar-refractivity contribution in [2.75, 3.05) is 18.0 Å². The molecule has 1 atom stereocenters. The third kappa shape index (κ3) is 3.71. The summed E-state index contributed by atoms with van der Waals surface area (Å²) in [7, 11) is 0. The fourth-order valence-electron chi connectivity index (χ4n) is 3.91. The van der Waals surface area contributed by atoms with Gasteiger partial charge in [-0.05, 0) is 49.2 Å². The highest BCUT2D eigenvalue weighted by molar-refractivity contribution is 5.97. The van der Waals surface area contributed by atoms with Gasteiger partial charge in [0.2, 0.25) is 0 Å². The Hall–Kier alpha value is -1.99. The number of anilines is 1. The van der Waals surface area contributed by atoms with Crippen LogP contribution in [-0.4, -0.2) is 35.2 Å². The van der Waals surface area contributed by atoms with E-state index in [0.717, 1.165) is 37.3 Å². The van der Waals surface area contributed by atoms with E-state index in [0.29, 0.717) is 12.1 Å². The Morgan fingerprint density at radius 1 is 1.04 bits per heavy atom. The van der Waals surface area contributed by atoms with Gasteiger partial charge >= 0.3 is 6.61 Å². The van der Waals surface area contributed by atoms with Crippen molar-refractivity contribution >= 4 is 11.5 Å². The van der Waals surface area contributed by atoms with Crippen molar-refractivity contribution in [2.45, 2.75) is 31.6 Å². The van der Waals surface area contributed by atoms with Crippen LogP contribution in [0.2, 0.25) is 0 Å². The summed E-state index contributed by atoms with van der Waals surface area (Å²) in [6.07, 6.45) is 3.10. The van der Waals surface area contributed by atoms with Crippen LogP contribution in [-0.2, 0) is 5.72 Å². The normalized spacial score (nSPS) is 21.9. The van der Waals surface area contributed by atoms with Gasteiger partial charge in [0.25, 0.3) is 11.6 Å². The Morgan fingerprint density at radius 2 is 1.74 bits per heavy atom. The molecule has 0 fully saturated rings. The highest BCUT2D eigenvalue weighted by Crippen LogP contribution is 2.38. The molecule has 4 rings (SSSR count). The van der Waals surface area contributed by atoms with Crippen molar-refractivity contribution in [3.8, 4) is 5.75 Å². The lowest BCUT2D eigenvalue weighted by molar-refractivity contribution is -0.538. The zero-order valence-electron chi connectivity index (χ0n) is 14.7. The number of hydrogen-bond acceptors (Lipinski definition) is 3. The van der Waals surface area contributed by atoms with Gasteiger partial charge in [-0.25, -0.2) is 0 Å². The summed E-state index contributed by atoms with van der Waals surface area (Å²) in [5.41, 5.74) is 0.330. The van der Waals surface area contributed by atoms with Gasteiger partial charge in [0, 0.05) is 12.0 Å². The minimum absolute atomic E-state index is 0. The maximum absolute atomic E-state index is 12.4. The average Bonchev–Trinajstić information content (AvgIpc) is 2.95. The van der Waals surface area contributed by atoms with Gasteiger partial charge < -0.3 is 26.8 Å². The second-order valence-electron chi connectivity index (χ2n) is 6.69. The Balaban J connectivity index is 0.00000210. The molecule has 7 heteroatoms. The van der Waals surface area contributed by atoms with Crippen molar-refractivity contribution in [3.05, 3.63) is 60.2 Å². The maximum atomic E-state index is 12.4. The lowest BCUT2D eigenvalue weighted by Crippen LogP contribution is -3.00. The molecule has 2 aromatic rings. The summed E-state index contributed by atoms with van der Waals surface area (Å²) >= 11 is 0. The summed E-state index contributed by atoms with van der Waals surface area (Å²) in [6.45, 7) is -1.50. The van der Waals surface area contributed by atoms with Crippen LogP contribution in [0.3, 0.4) is 0 Å². The number of para-hydroxylation sites is 1. The number of amidine groups is 1. The molecule has 0 aliphatic carbocycles. The van der Waals surface area contributed by atoms with Crippen LogP contribution < -0.4 is 26.6 Å². The third-order valence-electron chi connectivity index (χ3n) is 5.04. The summed E-state index contributed by atoms with van der Waals surface area (Å²) < 4.78 is 31.4. The fourth-order valence-corrected chi connectivity index (χ4v) is 3.91. The van der Waals surface area contributed by atoms with Crippen LogP contribution in [0.1, 0.15) is 24.8 Å². The first-order valence-electron chi connectivity index (χ1n) is 8.82. The minimum atomic E-state index is -2.86. The van der Waals surface area contributed by atoms with Gasteiger partial charge in [0.15, 0.2) is 6.54 Å². The molecule has 1 N–H and O–H groups in total. The molecule has 2 heterocycles. The molecule has 0 aromatic heterocycles. The number of rotatable bonds is 4. The molecule has 144 valence electrons. The predicted octanol–water partition coefficient (Wildman–Crippen LogP) is 0.552. The summed E-state index contributed by atoms with van der Waals surface area (Å²) in [5, 5.41) is 11.7. The number of hydrogen-bond donors (Lipinski definition) is 1. The highest BCUT2D eigenvalue weighted by atomic mass is 79.9. The first kappa shape index (κ1) is 19.8. The van der Waals surface area contributed by atoms with Gasteiger partial charge in [-0.1, -0.05) is 18.2 Å². The first-order chi connectivity index (χ1) is 12.6. The van der Waals surface area contributed by atoms with E-state index < -0.39 is 12.3 Å². The second kappa shape index (κ2) is 7.94. The highest BCUT2D eigenvalue weighted by Gasteiger charge is 2.54. The monoisotopic (exact) mass is 438 g/mol. The molecule has 0 amide bonds. The smallest absolute Gasteiger partial charge is 0.387 e. The predicted molar refractivity (Wildman–Crippen MR) is 94.7 cm³/mol. The molecule has 2 aliphatic rings. The fraction of sp³-hybridized carbons (Fsp3) is 0.350. The van der Waals surface area contributed by atoms with Crippen molar-refractivity contribution < 1.29 is 40.2 Å². The largest absolute Gasteiger partial charge is 1.00 e. The van der Waals surface area contributed by atoms with Gasteiger partial charge in [-0.2, -0.15) is 13.7 Å². The SMILES string of the molecule is OC1(c2ccc(OC(F)F)cc2)C[N+]2=C(CCCC2)N1c1ccccc1.[Br-]. The average molecular weight is 439 g/mol. The molecule has 0 spiro atoms. The lowest BCUT2D eigenvalue weighted by atomic mass is 10.0. The van der Waals surface area contributed by atoms with Crippen LogP contribution in [0.5, 0.6) is 5.75 Å². The van der Waals surface area contributed by atoms with E-state index in [4.69, 9.17) is 0 Å². The van der Waals surface area contributed by atoms with Crippen molar-refractivity contribution in [3.63, 3.8) is 0 Å². The number of benzene rings is 2. The van der Waals surface area contributed by atoms with Crippen LogP contribution in [0.25, 0.3) is 0 Å². The van der Waals surface area contributed by atoms with Crippen molar-refractivity contribution in [2.24, 2.45) is 0 Å². The number of aliphatic hydroxyl groups is 1. The third-order valence-corrected chi connectivity index (χ3v) is 5.04. The molecule has 0 saturated heterocycles. The topological polar surface area (TPSA) is 35.7 Å². The van der Waals surface area contributed by atoms with Crippen molar-refractivity contribution in [1.29, 1.82) is 0 Å². The quantitative estimate of drug-likeness (QED) is 0.708. The van der Waals surface area contributed by atoms with E-state index in [-0.39, 0.29) is 22.7 Å². The van der Waals surface area contributed by atoms with E-state index in [1.807, 2.05) is 35.2 Å². The Kier molecular flexibility index (Phi) is 5.81. The Morgan fingerprint density at radius 3 is 2.41 bits per heavy atom. The number of nitrogens with zero attached hydrogens (tertiary/aromatic N) is 2. The molecule has 0 saturated carbocycles. The lowest BCUT2D eigenvalue weighted by Gasteiger charge is -2.29. The van der Waals surface area contributed by atoms with E-state index >= 15 is 0 Å². The zero-order chi connectivity index (χ0) is 18.1. The van der Waals surface area contributed by atoms with Crippen LogP contribution in [0.4, 0.5) is 14.5 Å². The molecule has 1 unspecified atom stereocenters. The van der Waals surface area contributed by atoms with Crippen LogP contribution >= 0.6 is 0 Å². The summed E-state index contributed by atoms with van der Waals surface area (Å²) in [6, 6.07) is 16.1. The number of alkyl halides is 2. The van der Waals surface area contributed by atoms with Gasteiger partial charge in [-0.3, -0.25) is 4.58 Å². The van der Waals surface area contributed by atoms with Crippen LogP contribution in [0, 0.1) is 0 Å². The Labute approximate surface area is 167 Å². The zero-order valence-corrected chi connectivity index (χ0v) is 16.3. The van der Waals surface area contributed by atoms with Gasteiger partial charge in [0.1, 0.15) is 11.4 Å². The molecular formula is C20H21BrF2N2O2. The van der Waals surface area contributed by atoms with E-state index in [1.54, 1.807) is 12.1 Å². The summed E-state index contributed by atoms with van der Waals surface area (Å²) in [4.78, 5) is 1.98.